The van der Waals surface area contributed by atoms with Crippen molar-refractivity contribution < 1.29 is 17.9 Å². The highest BCUT2D eigenvalue weighted by molar-refractivity contribution is 7.89. The number of nitrogens with zero attached hydrogens (tertiary/aromatic N) is 1. The van der Waals surface area contributed by atoms with Crippen molar-refractivity contribution in [3.63, 3.8) is 0 Å². The predicted octanol–water partition coefficient (Wildman–Crippen LogP) is 3.08. The Hall–Kier alpha value is -1.74. The van der Waals surface area contributed by atoms with Crippen LogP contribution in [-0.4, -0.2) is 37.9 Å². The van der Waals surface area contributed by atoms with Crippen molar-refractivity contribution in [1.29, 1.82) is 0 Å². The molecule has 0 radical (unpaired) electrons. The van der Waals surface area contributed by atoms with Crippen LogP contribution in [0.4, 0.5) is 5.69 Å². The average molecular weight is 395 g/mol. The van der Waals surface area contributed by atoms with Gasteiger partial charge in [0.25, 0.3) is 0 Å². The van der Waals surface area contributed by atoms with Gasteiger partial charge in [-0.15, -0.1) is 11.3 Å². The van der Waals surface area contributed by atoms with E-state index < -0.39 is 10.0 Å². The van der Waals surface area contributed by atoms with Crippen LogP contribution in [0.2, 0.25) is 0 Å². The second kappa shape index (κ2) is 8.30. The lowest BCUT2D eigenvalue weighted by Gasteiger charge is -2.24. The second-order valence-corrected chi connectivity index (χ2v) is 9.19. The minimum atomic E-state index is -3.66. The van der Waals surface area contributed by atoms with Crippen molar-refractivity contribution in [3.05, 3.63) is 46.7 Å². The third-order valence-electron chi connectivity index (χ3n) is 4.16. The Balaban J connectivity index is 1.83. The number of hydrogen-bond donors (Lipinski definition) is 1. The molecule has 140 valence electrons. The highest BCUT2D eigenvalue weighted by Crippen LogP contribution is 2.24. The second-order valence-electron chi connectivity index (χ2n) is 6.22. The van der Waals surface area contributed by atoms with E-state index in [1.165, 1.54) is 34.7 Å². The largest absolute Gasteiger partial charge is 0.377 e. The standard InChI is InChI=1S/C18H22N2O4S2/c1-14(21)19-15-6-8-18(9-7-15)26(22,23)20(12-16-4-2-10-24-16)13-17-5-3-11-25-17/h3,5-9,11,16H,2,4,10,12-13H2,1H3,(H,19,21)/t16-/m0/s1. The number of sulfonamides is 1. The summed E-state index contributed by atoms with van der Waals surface area (Å²) in [6, 6.07) is 10.1. The zero-order chi connectivity index (χ0) is 18.6. The molecule has 3 rings (SSSR count). The first-order chi connectivity index (χ1) is 12.4. The molecular weight excluding hydrogens is 372 g/mol. The molecule has 0 spiro atoms. The molecule has 1 N–H and O–H groups in total. The summed E-state index contributed by atoms with van der Waals surface area (Å²) in [6.07, 6.45) is 1.77. The van der Waals surface area contributed by atoms with Gasteiger partial charge in [-0.25, -0.2) is 8.42 Å². The van der Waals surface area contributed by atoms with Crippen LogP contribution in [0.5, 0.6) is 0 Å². The van der Waals surface area contributed by atoms with E-state index in [9.17, 15) is 13.2 Å². The molecule has 1 aliphatic rings. The molecule has 2 aromatic rings. The van der Waals surface area contributed by atoms with Gasteiger partial charge >= 0.3 is 0 Å². The quantitative estimate of drug-likeness (QED) is 0.783. The maximum Gasteiger partial charge on any atom is 0.243 e. The lowest BCUT2D eigenvalue weighted by Crippen LogP contribution is -2.36. The highest BCUT2D eigenvalue weighted by atomic mass is 32.2. The van der Waals surface area contributed by atoms with Gasteiger partial charge < -0.3 is 10.1 Å². The lowest BCUT2D eigenvalue weighted by molar-refractivity contribution is -0.114. The zero-order valence-electron chi connectivity index (χ0n) is 14.6. The van der Waals surface area contributed by atoms with Crippen LogP contribution in [-0.2, 0) is 26.1 Å². The fourth-order valence-corrected chi connectivity index (χ4v) is 5.15. The third-order valence-corrected chi connectivity index (χ3v) is 6.84. The van der Waals surface area contributed by atoms with E-state index in [4.69, 9.17) is 4.74 Å². The maximum absolute atomic E-state index is 13.2. The van der Waals surface area contributed by atoms with Gasteiger partial charge in [-0.2, -0.15) is 4.31 Å². The summed E-state index contributed by atoms with van der Waals surface area (Å²) in [5.74, 6) is -0.196. The number of hydrogen-bond acceptors (Lipinski definition) is 5. The van der Waals surface area contributed by atoms with E-state index in [0.29, 0.717) is 25.4 Å². The molecule has 0 aliphatic carbocycles. The fraction of sp³-hybridized carbons (Fsp3) is 0.389. The summed E-state index contributed by atoms with van der Waals surface area (Å²) >= 11 is 1.54. The number of anilines is 1. The Morgan fingerprint density at radius 3 is 2.65 bits per heavy atom. The van der Waals surface area contributed by atoms with Gasteiger partial charge in [0.05, 0.1) is 11.0 Å². The van der Waals surface area contributed by atoms with E-state index in [1.807, 2.05) is 17.5 Å². The van der Waals surface area contributed by atoms with Gasteiger partial charge in [0.2, 0.25) is 15.9 Å². The number of carbonyl (C=O) groups excluding carboxylic acids is 1. The molecule has 1 aromatic carbocycles. The van der Waals surface area contributed by atoms with E-state index >= 15 is 0 Å². The van der Waals surface area contributed by atoms with Gasteiger partial charge in [-0.3, -0.25) is 4.79 Å². The van der Waals surface area contributed by atoms with Crippen LogP contribution in [0.25, 0.3) is 0 Å². The minimum absolute atomic E-state index is 0.0663. The molecule has 1 saturated heterocycles. The number of carbonyl (C=O) groups is 1. The summed E-state index contributed by atoms with van der Waals surface area (Å²) < 4.78 is 33.5. The normalized spacial score (nSPS) is 17.5. The number of nitrogens with one attached hydrogen (secondary N) is 1. The SMILES string of the molecule is CC(=O)Nc1ccc(S(=O)(=O)N(Cc2cccs2)C[C@@H]2CCCO2)cc1. The van der Waals surface area contributed by atoms with Crippen molar-refractivity contribution in [1.82, 2.24) is 4.31 Å². The average Bonchev–Trinajstić information content (AvgIpc) is 3.28. The predicted molar refractivity (Wildman–Crippen MR) is 102 cm³/mol. The lowest BCUT2D eigenvalue weighted by atomic mass is 10.2. The van der Waals surface area contributed by atoms with Crippen LogP contribution in [0.1, 0.15) is 24.6 Å². The van der Waals surface area contributed by atoms with Crippen molar-refractivity contribution in [2.75, 3.05) is 18.5 Å². The summed E-state index contributed by atoms with van der Waals surface area (Å²) in [7, 11) is -3.66. The highest BCUT2D eigenvalue weighted by Gasteiger charge is 2.29. The summed E-state index contributed by atoms with van der Waals surface area (Å²) in [5, 5.41) is 4.58. The number of rotatable bonds is 7. The molecular formula is C18H22N2O4S2. The van der Waals surface area contributed by atoms with E-state index in [0.717, 1.165) is 17.7 Å². The fourth-order valence-electron chi connectivity index (χ4n) is 2.90. The summed E-state index contributed by atoms with van der Waals surface area (Å²) in [6.45, 7) is 2.76. The van der Waals surface area contributed by atoms with Crippen LogP contribution in [0.15, 0.2) is 46.7 Å². The van der Waals surface area contributed by atoms with E-state index in [1.54, 1.807) is 12.1 Å². The first-order valence-electron chi connectivity index (χ1n) is 8.47. The molecule has 1 amide bonds. The summed E-state index contributed by atoms with van der Waals surface area (Å²) in [4.78, 5) is 12.3. The van der Waals surface area contributed by atoms with Gasteiger partial charge in [-0.05, 0) is 48.6 Å². The third kappa shape index (κ3) is 4.70. The molecule has 6 nitrogen and oxygen atoms in total. The molecule has 0 bridgehead atoms. The number of benzene rings is 1. The number of ether oxygens (including phenoxy) is 1. The Kier molecular flexibility index (Phi) is 6.08. The molecule has 1 fully saturated rings. The topological polar surface area (TPSA) is 75.7 Å². The van der Waals surface area contributed by atoms with Crippen molar-refractivity contribution in [3.8, 4) is 0 Å². The number of amides is 1. The Morgan fingerprint density at radius 2 is 2.08 bits per heavy atom. The van der Waals surface area contributed by atoms with Gasteiger partial charge in [0, 0.05) is 37.2 Å². The van der Waals surface area contributed by atoms with Crippen LogP contribution in [0.3, 0.4) is 0 Å². The van der Waals surface area contributed by atoms with Gasteiger partial charge in [0.1, 0.15) is 0 Å². The van der Waals surface area contributed by atoms with E-state index in [2.05, 4.69) is 5.32 Å². The zero-order valence-corrected chi connectivity index (χ0v) is 16.2. The molecule has 2 heterocycles. The molecule has 1 aromatic heterocycles. The van der Waals surface area contributed by atoms with Crippen LogP contribution < -0.4 is 5.32 Å². The Morgan fingerprint density at radius 1 is 1.31 bits per heavy atom. The van der Waals surface area contributed by atoms with Crippen molar-refractivity contribution in [2.24, 2.45) is 0 Å². The van der Waals surface area contributed by atoms with Crippen LogP contribution in [0, 0.1) is 0 Å². The summed E-state index contributed by atoms with van der Waals surface area (Å²) in [5.41, 5.74) is 0.570. The van der Waals surface area contributed by atoms with Crippen LogP contribution >= 0.6 is 11.3 Å². The van der Waals surface area contributed by atoms with Crippen molar-refractivity contribution >= 4 is 33.0 Å². The van der Waals surface area contributed by atoms with E-state index in [-0.39, 0.29) is 16.9 Å². The Labute approximate surface area is 157 Å². The number of thiophene rings is 1. The molecule has 1 atom stereocenters. The molecule has 0 saturated carbocycles. The molecule has 1 aliphatic heterocycles. The van der Waals surface area contributed by atoms with Crippen molar-refractivity contribution in [2.45, 2.75) is 37.3 Å². The Bertz CT molecular complexity index is 827. The minimum Gasteiger partial charge on any atom is -0.377 e. The first kappa shape index (κ1) is 19.0. The van der Waals surface area contributed by atoms with Gasteiger partial charge in [0.15, 0.2) is 0 Å². The monoisotopic (exact) mass is 394 g/mol. The smallest absolute Gasteiger partial charge is 0.243 e. The first-order valence-corrected chi connectivity index (χ1v) is 10.8. The molecule has 26 heavy (non-hydrogen) atoms. The molecule has 8 heteroatoms. The maximum atomic E-state index is 13.2. The van der Waals surface area contributed by atoms with Gasteiger partial charge in [-0.1, -0.05) is 6.07 Å². The molecule has 0 unspecified atom stereocenters.